The van der Waals surface area contributed by atoms with E-state index in [0.29, 0.717) is 13.0 Å². The Morgan fingerprint density at radius 3 is 2.81 bits per heavy atom. The van der Waals surface area contributed by atoms with Gasteiger partial charge in [-0.3, -0.25) is 9.59 Å². The second-order valence-corrected chi connectivity index (χ2v) is 4.11. The molecule has 0 aromatic rings. The molecule has 3 N–H and O–H groups in total. The smallest absolute Gasteiger partial charge is 0.249 e. The van der Waals surface area contributed by atoms with Crippen molar-refractivity contribution in [3.63, 3.8) is 0 Å². The lowest BCUT2D eigenvalue weighted by molar-refractivity contribution is -0.133. The van der Waals surface area contributed by atoms with E-state index in [0.717, 1.165) is 25.7 Å². The van der Waals surface area contributed by atoms with Gasteiger partial charge in [0.15, 0.2) is 0 Å². The van der Waals surface area contributed by atoms with Crippen molar-refractivity contribution in [1.82, 2.24) is 5.32 Å². The maximum Gasteiger partial charge on any atom is 0.249 e. The molecule has 1 heterocycles. The van der Waals surface area contributed by atoms with Crippen molar-refractivity contribution in [3.05, 3.63) is 0 Å². The van der Waals surface area contributed by atoms with Crippen molar-refractivity contribution in [1.29, 1.82) is 0 Å². The first kappa shape index (κ1) is 13.0. The molecule has 0 radical (unpaired) electrons. The Morgan fingerprint density at radius 1 is 1.56 bits per heavy atom. The Bertz CT molecular complexity index is 250. The van der Waals surface area contributed by atoms with Crippen LogP contribution in [0.2, 0.25) is 0 Å². The number of carbonyl (C=O) groups excluding carboxylic acids is 2. The largest absolute Gasteiger partial charge is 0.368 e. The Hall–Kier alpha value is -1.10. The maximum absolute atomic E-state index is 11.7. The molecular weight excluding hydrogens is 208 g/mol. The van der Waals surface area contributed by atoms with E-state index in [1.165, 1.54) is 0 Å². The molecule has 5 heteroatoms. The van der Waals surface area contributed by atoms with Crippen molar-refractivity contribution < 1.29 is 14.3 Å². The van der Waals surface area contributed by atoms with E-state index in [-0.39, 0.29) is 5.91 Å². The van der Waals surface area contributed by atoms with E-state index in [9.17, 15) is 9.59 Å². The Balaban J connectivity index is 2.40. The summed E-state index contributed by atoms with van der Waals surface area (Å²) in [5.41, 5.74) is 5.23. The van der Waals surface area contributed by atoms with Crippen LogP contribution in [0, 0.1) is 0 Å². The average molecular weight is 228 g/mol. The van der Waals surface area contributed by atoms with Crippen LogP contribution in [0.15, 0.2) is 0 Å². The normalized spacial score (nSPS) is 21.7. The molecule has 0 aromatic carbocycles. The summed E-state index contributed by atoms with van der Waals surface area (Å²) < 4.78 is 5.24. The zero-order valence-corrected chi connectivity index (χ0v) is 9.70. The van der Waals surface area contributed by atoms with Gasteiger partial charge in [0.25, 0.3) is 0 Å². The molecule has 1 saturated heterocycles. The average Bonchev–Trinajstić information content (AvgIpc) is 2.76. The molecule has 2 atom stereocenters. The molecular formula is C11H20N2O3. The van der Waals surface area contributed by atoms with Crippen molar-refractivity contribution in [2.75, 3.05) is 6.61 Å². The molecule has 16 heavy (non-hydrogen) atoms. The third-order valence-corrected chi connectivity index (χ3v) is 2.73. The molecule has 5 nitrogen and oxygen atoms in total. The molecule has 0 bridgehead atoms. The van der Waals surface area contributed by atoms with Crippen LogP contribution in [-0.4, -0.2) is 30.6 Å². The number of rotatable bonds is 6. The van der Waals surface area contributed by atoms with Gasteiger partial charge in [0.1, 0.15) is 12.1 Å². The number of ether oxygens (including phenoxy) is 1. The molecule has 1 fully saturated rings. The number of primary amides is 1. The van der Waals surface area contributed by atoms with E-state index < -0.39 is 18.1 Å². The minimum Gasteiger partial charge on any atom is -0.368 e. The standard InChI is InChI=1S/C11H20N2O3/c1-2-3-5-8(10(12)14)13-11(15)9-6-4-7-16-9/h8-9H,2-7H2,1H3,(H2,12,14)(H,13,15)/t8-,9+/m1/s1. The van der Waals surface area contributed by atoms with Gasteiger partial charge in [-0.1, -0.05) is 19.8 Å². The van der Waals surface area contributed by atoms with Gasteiger partial charge < -0.3 is 15.8 Å². The summed E-state index contributed by atoms with van der Waals surface area (Å²) in [6, 6.07) is -0.559. The highest BCUT2D eigenvalue weighted by molar-refractivity contribution is 5.88. The van der Waals surface area contributed by atoms with E-state index in [1.54, 1.807) is 0 Å². The van der Waals surface area contributed by atoms with Gasteiger partial charge in [-0.25, -0.2) is 0 Å². The molecule has 1 aliphatic heterocycles. The Kier molecular flexibility index (Phi) is 5.25. The second kappa shape index (κ2) is 6.48. The highest BCUT2D eigenvalue weighted by atomic mass is 16.5. The molecule has 2 amide bonds. The summed E-state index contributed by atoms with van der Waals surface area (Å²) in [5, 5.41) is 2.65. The van der Waals surface area contributed by atoms with Crippen LogP contribution in [0.1, 0.15) is 39.0 Å². The van der Waals surface area contributed by atoms with Crippen molar-refractivity contribution in [3.8, 4) is 0 Å². The highest BCUT2D eigenvalue weighted by Gasteiger charge is 2.26. The highest BCUT2D eigenvalue weighted by Crippen LogP contribution is 2.12. The van der Waals surface area contributed by atoms with Crippen LogP contribution < -0.4 is 11.1 Å². The fraction of sp³-hybridized carbons (Fsp3) is 0.818. The van der Waals surface area contributed by atoms with E-state index in [1.807, 2.05) is 6.92 Å². The lowest BCUT2D eigenvalue weighted by atomic mass is 10.1. The van der Waals surface area contributed by atoms with Gasteiger partial charge in [-0.05, 0) is 19.3 Å². The first-order chi connectivity index (χ1) is 7.65. The lowest BCUT2D eigenvalue weighted by Gasteiger charge is -2.17. The minimum atomic E-state index is -0.559. The molecule has 92 valence electrons. The van der Waals surface area contributed by atoms with Gasteiger partial charge >= 0.3 is 0 Å². The van der Waals surface area contributed by atoms with Gasteiger partial charge in [0, 0.05) is 6.61 Å². The quantitative estimate of drug-likeness (QED) is 0.687. The lowest BCUT2D eigenvalue weighted by Crippen LogP contribution is -2.47. The fourth-order valence-electron chi connectivity index (χ4n) is 1.74. The maximum atomic E-state index is 11.7. The summed E-state index contributed by atoms with van der Waals surface area (Å²) in [4.78, 5) is 22.8. The first-order valence-corrected chi connectivity index (χ1v) is 5.86. The summed E-state index contributed by atoms with van der Waals surface area (Å²) >= 11 is 0. The van der Waals surface area contributed by atoms with Gasteiger partial charge in [-0.15, -0.1) is 0 Å². The number of nitrogens with two attached hydrogens (primary N) is 1. The van der Waals surface area contributed by atoms with Crippen molar-refractivity contribution >= 4 is 11.8 Å². The molecule has 0 aliphatic carbocycles. The number of hydrogen-bond donors (Lipinski definition) is 2. The van der Waals surface area contributed by atoms with E-state index in [2.05, 4.69) is 5.32 Å². The summed E-state index contributed by atoms with van der Waals surface area (Å²) in [5.74, 6) is -0.683. The Labute approximate surface area is 95.7 Å². The third-order valence-electron chi connectivity index (χ3n) is 2.73. The number of unbranched alkanes of at least 4 members (excludes halogenated alkanes) is 1. The molecule has 0 unspecified atom stereocenters. The first-order valence-electron chi connectivity index (χ1n) is 5.86. The number of amides is 2. The zero-order chi connectivity index (χ0) is 12.0. The molecule has 1 rings (SSSR count). The van der Waals surface area contributed by atoms with Crippen LogP contribution in [0.25, 0.3) is 0 Å². The fourth-order valence-corrected chi connectivity index (χ4v) is 1.74. The summed E-state index contributed by atoms with van der Waals surface area (Å²) in [6.45, 7) is 2.65. The van der Waals surface area contributed by atoms with E-state index in [4.69, 9.17) is 10.5 Å². The number of hydrogen-bond acceptors (Lipinski definition) is 3. The minimum absolute atomic E-state index is 0.211. The monoisotopic (exact) mass is 228 g/mol. The van der Waals surface area contributed by atoms with Crippen LogP contribution >= 0.6 is 0 Å². The van der Waals surface area contributed by atoms with Crippen LogP contribution in [0.5, 0.6) is 0 Å². The number of carbonyl (C=O) groups is 2. The summed E-state index contributed by atoms with van der Waals surface area (Å²) in [7, 11) is 0. The third kappa shape index (κ3) is 3.81. The topological polar surface area (TPSA) is 81.4 Å². The van der Waals surface area contributed by atoms with Crippen molar-refractivity contribution in [2.45, 2.75) is 51.2 Å². The van der Waals surface area contributed by atoms with Gasteiger partial charge in [0.05, 0.1) is 0 Å². The second-order valence-electron chi connectivity index (χ2n) is 4.11. The molecule has 0 saturated carbocycles. The SMILES string of the molecule is CCCC[C@@H](NC(=O)[C@@H]1CCCO1)C(N)=O. The van der Waals surface area contributed by atoms with Crippen LogP contribution in [0.4, 0.5) is 0 Å². The van der Waals surface area contributed by atoms with Gasteiger partial charge in [0.2, 0.25) is 11.8 Å². The van der Waals surface area contributed by atoms with Crippen LogP contribution in [-0.2, 0) is 14.3 Å². The zero-order valence-electron chi connectivity index (χ0n) is 9.70. The Morgan fingerprint density at radius 2 is 2.31 bits per heavy atom. The van der Waals surface area contributed by atoms with Crippen molar-refractivity contribution in [2.24, 2.45) is 5.73 Å². The predicted octanol–water partition coefficient (Wildman–Crippen LogP) is 0.326. The molecule has 1 aliphatic rings. The number of nitrogens with one attached hydrogen (secondary N) is 1. The van der Waals surface area contributed by atoms with E-state index >= 15 is 0 Å². The molecule has 0 aromatic heterocycles. The predicted molar refractivity (Wildman–Crippen MR) is 59.6 cm³/mol. The van der Waals surface area contributed by atoms with Gasteiger partial charge in [-0.2, -0.15) is 0 Å². The summed E-state index contributed by atoms with van der Waals surface area (Å²) in [6.07, 6.45) is 3.67. The molecule has 0 spiro atoms. The van der Waals surface area contributed by atoms with Crippen LogP contribution in [0.3, 0.4) is 0 Å².